The SMILES string of the molecule is COc1cc(C)c(S(=O)(=O)NC(CO)CO)cc1OC. The molecule has 0 fully saturated rings. The molecule has 0 bridgehead atoms. The predicted octanol–water partition coefficient (Wildman–Crippen LogP) is -0.356. The van der Waals surface area contributed by atoms with Crippen molar-refractivity contribution in [3.8, 4) is 11.5 Å². The third-order valence-corrected chi connectivity index (χ3v) is 4.40. The summed E-state index contributed by atoms with van der Waals surface area (Å²) in [6.07, 6.45) is 0. The van der Waals surface area contributed by atoms with Gasteiger partial charge in [-0.2, -0.15) is 0 Å². The largest absolute Gasteiger partial charge is 0.493 e. The van der Waals surface area contributed by atoms with E-state index in [-0.39, 0.29) is 10.6 Å². The van der Waals surface area contributed by atoms with Crippen molar-refractivity contribution in [2.45, 2.75) is 17.9 Å². The number of sulfonamides is 1. The first-order valence-electron chi connectivity index (χ1n) is 5.86. The summed E-state index contributed by atoms with van der Waals surface area (Å²) in [6.45, 7) is 0.619. The Hall–Kier alpha value is -1.35. The van der Waals surface area contributed by atoms with Crippen LogP contribution in [0, 0.1) is 6.92 Å². The summed E-state index contributed by atoms with van der Waals surface area (Å²) in [6, 6.07) is 1.93. The Morgan fingerprint density at radius 2 is 1.65 bits per heavy atom. The zero-order chi connectivity index (χ0) is 15.3. The maximum Gasteiger partial charge on any atom is 0.241 e. The van der Waals surface area contributed by atoms with Crippen LogP contribution in [0.4, 0.5) is 0 Å². The van der Waals surface area contributed by atoms with Crippen LogP contribution < -0.4 is 14.2 Å². The van der Waals surface area contributed by atoms with E-state index in [1.165, 1.54) is 20.3 Å². The van der Waals surface area contributed by atoms with Crippen LogP contribution in [-0.2, 0) is 10.0 Å². The molecule has 1 rings (SSSR count). The molecule has 0 spiro atoms. The minimum Gasteiger partial charge on any atom is -0.493 e. The van der Waals surface area contributed by atoms with Crippen molar-refractivity contribution in [3.63, 3.8) is 0 Å². The predicted molar refractivity (Wildman–Crippen MR) is 72.6 cm³/mol. The molecule has 0 saturated heterocycles. The van der Waals surface area contributed by atoms with Gasteiger partial charge in [-0.05, 0) is 18.6 Å². The van der Waals surface area contributed by atoms with E-state index in [9.17, 15) is 8.42 Å². The van der Waals surface area contributed by atoms with Crippen molar-refractivity contribution >= 4 is 10.0 Å². The number of ether oxygens (including phenoxy) is 2. The normalized spacial score (nSPS) is 11.7. The Kier molecular flexibility index (Phi) is 5.75. The van der Waals surface area contributed by atoms with E-state index >= 15 is 0 Å². The lowest BCUT2D eigenvalue weighted by molar-refractivity contribution is 0.185. The lowest BCUT2D eigenvalue weighted by Crippen LogP contribution is -2.40. The molecule has 8 heteroatoms. The standard InChI is InChI=1S/C12H19NO6S/c1-8-4-10(18-2)11(19-3)5-12(8)20(16,17)13-9(6-14)7-15/h4-5,9,13-15H,6-7H2,1-3H3. The maximum atomic E-state index is 12.2. The molecule has 1 aromatic rings. The molecule has 0 radical (unpaired) electrons. The number of aliphatic hydroxyl groups is 2. The highest BCUT2D eigenvalue weighted by Crippen LogP contribution is 2.32. The first-order valence-corrected chi connectivity index (χ1v) is 7.34. The Morgan fingerprint density at radius 3 is 2.10 bits per heavy atom. The number of hydrogen-bond donors (Lipinski definition) is 3. The van der Waals surface area contributed by atoms with E-state index in [4.69, 9.17) is 19.7 Å². The number of aryl methyl sites for hydroxylation is 1. The second-order valence-corrected chi connectivity index (χ2v) is 5.84. The molecule has 0 heterocycles. The van der Waals surface area contributed by atoms with Gasteiger partial charge in [-0.25, -0.2) is 13.1 Å². The quantitative estimate of drug-likeness (QED) is 0.635. The van der Waals surface area contributed by atoms with Gasteiger partial charge >= 0.3 is 0 Å². The fourth-order valence-corrected chi connectivity index (χ4v) is 3.13. The summed E-state index contributed by atoms with van der Waals surface area (Å²) in [4.78, 5) is 0.00190. The first-order chi connectivity index (χ1) is 9.39. The van der Waals surface area contributed by atoms with Crippen molar-refractivity contribution in [1.29, 1.82) is 0 Å². The molecule has 0 aromatic heterocycles. The third kappa shape index (κ3) is 3.60. The van der Waals surface area contributed by atoms with Crippen LogP contribution in [0.15, 0.2) is 17.0 Å². The fraction of sp³-hybridized carbons (Fsp3) is 0.500. The van der Waals surface area contributed by atoms with Crippen LogP contribution in [0.5, 0.6) is 11.5 Å². The number of rotatable bonds is 7. The van der Waals surface area contributed by atoms with Gasteiger partial charge in [-0.1, -0.05) is 0 Å². The van der Waals surface area contributed by atoms with Crippen molar-refractivity contribution < 1.29 is 28.1 Å². The van der Waals surface area contributed by atoms with Gasteiger partial charge < -0.3 is 19.7 Å². The Bertz CT molecular complexity index is 553. The highest BCUT2D eigenvalue weighted by atomic mass is 32.2. The lowest BCUT2D eigenvalue weighted by atomic mass is 10.2. The number of nitrogens with one attached hydrogen (secondary N) is 1. The van der Waals surface area contributed by atoms with Crippen LogP contribution in [-0.4, -0.2) is 52.1 Å². The topological polar surface area (TPSA) is 105 Å². The molecule has 7 nitrogen and oxygen atoms in total. The molecule has 0 aliphatic rings. The molecule has 114 valence electrons. The summed E-state index contributed by atoms with van der Waals surface area (Å²) in [5.74, 6) is 0.702. The van der Waals surface area contributed by atoms with Gasteiger partial charge in [-0.15, -0.1) is 0 Å². The average Bonchev–Trinajstić information content (AvgIpc) is 2.43. The van der Waals surface area contributed by atoms with Crippen molar-refractivity contribution in [2.75, 3.05) is 27.4 Å². The molecule has 0 amide bonds. The highest BCUT2D eigenvalue weighted by molar-refractivity contribution is 7.89. The summed E-state index contributed by atoms with van der Waals surface area (Å²) >= 11 is 0. The highest BCUT2D eigenvalue weighted by Gasteiger charge is 2.23. The minimum absolute atomic E-state index is 0.00190. The molecular formula is C12H19NO6S. The van der Waals surface area contributed by atoms with Crippen LogP contribution in [0.2, 0.25) is 0 Å². The van der Waals surface area contributed by atoms with Crippen LogP contribution in [0.3, 0.4) is 0 Å². The van der Waals surface area contributed by atoms with Gasteiger partial charge in [0.2, 0.25) is 10.0 Å². The second kappa shape index (κ2) is 6.89. The van der Waals surface area contributed by atoms with E-state index in [1.807, 2.05) is 0 Å². The van der Waals surface area contributed by atoms with Gasteiger partial charge in [0.25, 0.3) is 0 Å². The lowest BCUT2D eigenvalue weighted by Gasteiger charge is -2.17. The fourth-order valence-electron chi connectivity index (χ4n) is 1.67. The Labute approximate surface area is 118 Å². The van der Waals surface area contributed by atoms with E-state index < -0.39 is 29.3 Å². The molecule has 0 atom stereocenters. The Balaban J connectivity index is 3.24. The molecule has 0 saturated carbocycles. The van der Waals surface area contributed by atoms with E-state index in [1.54, 1.807) is 13.0 Å². The molecule has 0 aliphatic heterocycles. The Morgan fingerprint density at radius 1 is 1.15 bits per heavy atom. The van der Waals surface area contributed by atoms with Crippen molar-refractivity contribution in [1.82, 2.24) is 4.72 Å². The average molecular weight is 305 g/mol. The van der Waals surface area contributed by atoms with E-state index in [0.717, 1.165) is 0 Å². The van der Waals surface area contributed by atoms with Gasteiger partial charge in [0.05, 0.1) is 38.4 Å². The van der Waals surface area contributed by atoms with Crippen LogP contribution in [0.25, 0.3) is 0 Å². The first kappa shape index (κ1) is 16.7. The minimum atomic E-state index is -3.88. The monoisotopic (exact) mass is 305 g/mol. The summed E-state index contributed by atoms with van der Waals surface area (Å²) in [5.41, 5.74) is 0.463. The maximum absolute atomic E-state index is 12.2. The molecular weight excluding hydrogens is 286 g/mol. The molecule has 3 N–H and O–H groups in total. The summed E-state index contributed by atoms with van der Waals surface area (Å²) < 4.78 is 36.8. The van der Waals surface area contributed by atoms with Gasteiger partial charge in [-0.3, -0.25) is 0 Å². The van der Waals surface area contributed by atoms with Gasteiger partial charge in [0.1, 0.15) is 0 Å². The number of aliphatic hydroxyl groups excluding tert-OH is 2. The van der Waals surface area contributed by atoms with Crippen molar-refractivity contribution in [3.05, 3.63) is 17.7 Å². The summed E-state index contributed by atoms with van der Waals surface area (Å²) in [5, 5.41) is 17.9. The number of methoxy groups -OCH3 is 2. The van der Waals surface area contributed by atoms with Crippen LogP contribution in [0.1, 0.15) is 5.56 Å². The summed E-state index contributed by atoms with van der Waals surface area (Å²) in [7, 11) is -1.02. The third-order valence-electron chi connectivity index (χ3n) is 2.73. The molecule has 1 aromatic carbocycles. The zero-order valence-corrected chi connectivity index (χ0v) is 12.4. The zero-order valence-electron chi connectivity index (χ0n) is 11.6. The van der Waals surface area contributed by atoms with Crippen LogP contribution >= 0.6 is 0 Å². The molecule has 20 heavy (non-hydrogen) atoms. The van der Waals surface area contributed by atoms with E-state index in [0.29, 0.717) is 11.3 Å². The van der Waals surface area contributed by atoms with Gasteiger partial charge in [0.15, 0.2) is 11.5 Å². The van der Waals surface area contributed by atoms with E-state index in [2.05, 4.69) is 4.72 Å². The number of benzene rings is 1. The molecule has 0 unspecified atom stereocenters. The number of hydrogen-bond acceptors (Lipinski definition) is 6. The second-order valence-electron chi connectivity index (χ2n) is 4.16. The van der Waals surface area contributed by atoms with Gasteiger partial charge in [0, 0.05) is 6.07 Å². The molecule has 0 aliphatic carbocycles. The smallest absolute Gasteiger partial charge is 0.241 e. The van der Waals surface area contributed by atoms with Crippen molar-refractivity contribution in [2.24, 2.45) is 0 Å².